The molecule has 0 fully saturated rings. The van der Waals surface area contributed by atoms with Gasteiger partial charge in [0.2, 0.25) is 5.43 Å². The summed E-state index contributed by atoms with van der Waals surface area (Å²) >= 11 is 1.44. The molecule has 0 spiro atoms. The standard InChI is InChI=1S/C17H16N2O2S.C2H6/c1-9-6-11(3)14(7-10(9)2)19-16(21)13-8-18-17-12(15(13)20)4-5-22-17;1-2/h4-8H,1-3H3,(H,18,20)(H,19,21);1-2H3. The summed E-state index contributed by atoms with van der Waals surface area (Å²) in [5.74, 6) is -0.388. The molecular weight excluding hydrogens is 320 g/mol. The van der Waals surface area contributed by atoms with Crippen molar-refractivity contribution in [2.24, 2.45) is 0 Å². The zero-order chi connectivity index (χ0) is 17.9. The minimum Gasteiger partial charge on any atom is -0.352 e. The molecule has 0 bridgehead atoms. The highest BCUT2D eigenvalue weighted by Crippen LogP contribution is 2.21. The number of pyridine rings is 1. The van der Waals surface area contributed by atoms with Gasteiger partial charge in [-0.25, -0.2) is 0 Å². The molecule has 126 valence electrons. The third-order valence-electron chi connectivity index (χ3n) is 3.84. The van der Waals surface area contributed by atoms with Crippen LogP contribution in [0.4, 0.5) is 5.69 Å². The number of hydrogen-bond donors (Lipinski definition) is 2. The fraction of sp³-hybridized carbons (Fsp3) is 0.263. The lowest BCUT2D eigenvalue weighted by Crippen LogP contribution is -2.22. The molecule has 3 aromatic rings. The number of fused-ring (bicyclic) bond motifs is 1. The molecular formula is C19H22N2O2S. The van der Waals surface area contributed by atoms with E-state index in [0.29, 0.717) is 5.39 Å². The molecule has 0 saturated carbocycles. The van der Waals surface area contributed by atoms with E-state index in [2.05, 4.69) is 10.3 Å². The maximum absolute atomic E-state index is 12.4. The molecule has 3 rings (SSSR count). The minimum absolute atomic E-state index is 0.128. The van der Waals surface area contributed by atoms with Crippen LogP contribution in [0.3, 0.4) is 0 Å². The first-order valence-electron chi connectivity index (χ1n) is 7.95. The topological polar surface area (TPSA) is 62.0 Å². The van der Waals surface area contributed by atoms with E-state index in [0.717, 1.165) is 21.6 Å². The molecule has 2 aromatic heterocycles. The molecule has 1 amide bonds. The maximum atomic E-state index is 12.4. The third kappa shape index (κ3) is 3.41. The van der Waals surface area contributed by atoms with E-state index in [9.17, 15) is 9.59 Å². The Morgan fingerprint density at radius 3 is 2.46 bits per heavy atom. The summed E-state index contributed by atoms with van der Waals surface area (Å²) in [5.41, 5.74) is 3.87. The number of aromatic amines is 1. The molecule has 0 radical (unpaired) electrons. The summed E-state index contributed by atoms with van der Waals surface area (Å²) in [6, 6.07) is 5.69. The van der Waals surface area contributed by atoms with Crippen LogP contribution in [0.2, 0.25) is 0 Å². The highest BCUT2D eigenvalue weighted by Gasteiger charge is 2.15. The van der Waals surface area contributed by atoms with Gasteiger partial charge in [0.25, 0.3) is 5.91 Å². The van der Waals surface area contributed by atoms with E-state index in [1.165, 1.54) is 23.1 Å². The van der Waals surface area contributed by atoms with E-state index in [1.807, 2.05) is 52.1 Å². The predicted octanol–water partition coefficient (Wildman–Crippen LogP) is 4.79. The first kappa shape index (κ1) is 17.9. The van der Waals surface area contributed by atoms with Crippen molar-refractivity contribution in [1.82, 2.24) is 4.98 Å². The van der Waals surface area contributed by atoms with Crippen molar-refractivity contribution >= 4 is 33.1 Å². The molecule has 0 aliphatic rings. The largest absolute Gasteiger partial charge is 0.352 e. The van der Waals surface area contributed by atoms with Crippen LogP contribution in [0.25, 0.3) is 10.2 Å². The Morgan fingerprint density at radius 2 is 1.75 bits per heavy atom. The number of hydrogen-bond acceptors (Lipinski definition) is 3. The third-order valence-corrected chi connectivity index (χ3v) is 4.68. The van der Waals surface area contributed by atoms with Gasteiger partial charge < -0.3 is 10.3 Å². The van der Waals surface area contributed by atoms with Crippen molar-refractivity contribution < 1.29 is 4.79 Å². The highest BCUT2D eigenvalue weighted by molar-refractivity contribution is 7.16. The van der Waals surface area contributed by atoms with Gasteiger partial charge in [0.1, 0.15) is 10.4 Å². The fourth-order valence-electron chi connectivity index (χ4n) is 2.40. The number of anilines is 1. The number of aryl methyl sites for hydroxylation is 3. The van der Waals surface area contributed by atoms with Crippen LogP contribution in [0, 0.1) is 20.8 Å². The summed E-state index contributed by atoms with van der Waals surface area (Å²) in [6.07, 6.45) is 1.48. The number of benzene rings is 1. The maximum Gasteiger partial charge on any atom is 0.261 e. The van der Waals surface area contributed by atoms with Crippen molar-refractivity contribution in [3.05, 3.63) is 62.3 Å². The number of carbonyl (C=O) groups is 1. The fourth-order valence-corrected chi connectivity index (χ4v) is 3.16. The SMILES string of the molecule is CC.Cc1cc(C)c(NC(=O)c2c[nH]c3sccc3c2=O)cc1C. The number of rotatable bonds is 2. The second kappa shape index (κ2) is 7.45. The number of nitrogens with one attached hydrogen (secondary N) is 2. The van der Waals surface area contributed by atoms with Crippen LogP contribution in [-0.4, -0.2) is 10.9 Å². The van der Waals surface area contributed by atoms with Crippen LogP contribution in [0.15, 0.2) is 34.6 Å². The summed E-state index contributed by atoms with van der Waals surface area (Å²) < 4.78 is 0. The van der Waals surface area contributed by atoms with E-state index < -0.39 is 0 Å². The van der Waals surface area contributed by atoms with E-state index >= 15 is 0 Å². The molecule has 2 N–H and O–H groups in total. The van der Waals surface area contributed by atoms with Gasteiger partial charge in [-0.05, 0) is 55.0 Å². The van der Waals surface area contributed by atoms with Crippen molar-refractivity contribution in [3.63, 3.8) is 0 Å². The summed E-state index contributed by atoms with van der Waals surface area (Å²) in [5, 5.41) is 5.22. The van der Waals surface area contributed by atoms with Gasteiger partial charge in [0.15, 0.2) is 0 Å². The van der Waals surface area contributed by atoms with Crippen molar-refractivity contribution in [3.8, 4) is 0 Å². The van der Waals surface area contributed by atoms with Gasteiger partial charge in [0.05, 0.1) is 5.39 Å². The lowest BCUT2D eigenvalue weighted by Gasteiger charge is -2.11. The zero-order valence-corrected chi connectivity index (χ0v) is 15.4. The lowest BCUT2D eigenvalue weighted by molar-refractivity contribution is 0.102. The average molecular weight is 342 g/mol. The molecule has 0 aliphatic heterocycles. The Kier molecular flexibility index (Phi) is 5.57. The van der Waals surface area contributed by atoms with Gasteiger partial charge >= 0.3 is 0 Å². The Morgan fingerprint density at radius 1 is 1.08 bits per heavy atom. The molecule has 4 nitrogen and oxygen atoms in total. The van der Waals surface area contributed by atoms with Gasteiger partial charge in [-0.15, -0.1) is 11.3 Å². The molecule has 5 heteroatoms. The Labute approximate surface area is 145 Å². The predicted molar refractivity (Wildman–Crippen MR) is 102 cm³/mol. The summed E-state index contributed by atoms with van der Waals surface area (Å²) in [4.78, 5) is 28.6. The quantitative estimate of drug-likeness (QED) is 0.703. The van der Waals surface area contributed by atoms with Gasteiger partial charge in [0, 0.05) is 11.9 Å². The van der Waals surface area contributed by atoms with Gasteiger partial charge in [-0.3, -0.25) is 9.59 Å². The van der Waals surface area contributed by atoms with Crippen LogP contribution >= 0.6 is 11.3 Å². The Hall–Kier alpha value is -2.40. The molecule has 24 heavy (non-hydrogen) atoms. The van der Waals surface area contributed by atoms with E-state index in [4.69, 9.17) is 0 Å². The van der Waals surface area contributed by atoms with Crippen molar-refractivity contribution in [2.75, 3.05) is 5.32 Å². The smallest absolute Gasteiger partial charge is 0.261 e. The summed E-state index contributed by atoms with van der Waals surface area (Å²) in [7, 11) is 0. The molecule has 0 unspecified atom stereocenters. The number of aromatic nitrogens is 1. The minimum atomic E-state index is -0.388. The number of carbonyl (C=O) groups excluding carboxylic acids is 1. The van der Waals surface area contributed by atoms with Gasteiger partial charge in [-0.1, -0.05) is 19.9 Å². The Balaban J connectivity index is 0.00000100. The molecule has 0 aliphatic carbocycles. The second-order valence-corrected chi connectivity index (χ2v) is 6.32. The first-order chi connectivity index (χ1) is 11.5. The van der Waals surface area contributed by atoms with E-state index in [-0.39, 0.29) is 16.9 Å². The van der Waals surface area contributed by atoms with Crippen LogP contribution in [0.1, 0.15) is 40.9 Å². The zero-order valence-electron chi connectivity index (χ0n) is 14.6. The van der Waals surface area contributed by atoms with Crippen LogP contribution in [0.5, 0.6) is 0 Å². The first-order valence-corrected chi connectivity index (χ1v) is 8.83. The van der Waals surface area contributed by atoms with Crippen molar-refractivity contribution in [2.45, 2.75) is 34.6 Å². The monoisotopic (exact) mass is 342 g/mol. The van der Waals surface area contributed by atoms with Crippen molar-refractivity contribution in [1.29, 1.82) is 0 Å². The molecule has 0 atom stereocenters. The second-order valence-electron chi connectivity index (χ2n) is 5.40. The normalized spacial score (nSPS) is 10.2. The van der Waals surface area contributed by atoms with Crippen LogP contribution in [-0.2, 0) is 0 Å². The Bertz CT molecular complexity index is 938. The molecule has 0 saturated heterocycles. The molecule has 1 aromatic carbocycles. The lowest BCUT2D eigenvalue weighted by atomic mass is 10.0. The van der Waals surface area contributed by atoms with Gasteiger partial charge in [-0.2, -0.15) is 0 Å². The number of amides is 1. The number of H-pyrrole nitrogens is 1. The van der Waals surface area contributed by atoms with Crippen LogP contribution < -0.4 is 10.7 Å². The number of thiophene rings is 1. The van der Waals surface area contributed by atoms with E-state index in [1.54, 1.807) is 6.07 Å². The highest BCUT2D eigenvalue weighted by atomic mass is 32.1. The molecule has 2 heterocycles. The average Bonchev–Trinajstić information content (AvgIpc) is 3.04. The summed E-state index contributed by atoms with van der Waals surface area (Å²) in [6.45, 7) is 9.96.